The van der Waals surface area contributed by atoms with Gasteiger partial charge in [-0.1, -0.05) is 12.1 Å². The van der Waals surface area contributed by atoms with E-state index < -0.39 is 0 Å². The highest BCUT2D eigenvalue weighted by Gasteiger charge is 2.32. The van der Waals surface area contributed by atoms with Gasteiger partial charge in [-0.25, -0.2) is 5.43 Å². The van der Waals surface area contributed by atoms with Gasteiger partial charge in [0.2, 0.25) is 5.91 Å². The number of carbonyl (C=O) groups is 1. The molecule has 104 valence electrons. The van der Waals surface area contributed by atoms with E-state index in [0.29, 0.717) is 12.0 Å². The normalized spacial score (nSPS) is 17.0. The maximum absolute atomic E-state index is 11.8. The van der Waals surface area contributed by atoms with Crippen molar-refractivity contribution in [1.82, 2.24) is 5.43 Å². The molecule has 1 aromatic carbocycles. The molecular formula is C14H15N3OS2. The lowest BCUT2D eigenvalue weighted by Crippen LogP contribution is -2.26. The van der Waals surface area contributed by atoms with E-state index in [2.05, 4.69) is 23.5 Å². The highest BCUT2D eigenvalue weighted by atomic mass is 32.2. The fraction of sp³-hybridized carbons (Fsp3) is 0.357. The molecule has 1 N–H and O–H groups in total. The Morgan fingerprint density at radius 3 is 2.70 bits per heavy atom. The number of nitrogens with zero attached hydrogens (tertiary/aromatic N) is 2. The molecule has 0 unspecified atom stereocenters. The summed E-state index contributed by atoms with van der Waals surface area (Å²) in [5.41, 5.74) is 4.00. The Morgan fingerprint density at radius 2 is 2.10 bits per heavy atom. The molecule has 0 saturated carbocycles. The number of nitriles is 1. The highest BCUT2D eigenvalue weighted by Crippen LogP contribution is 2.45. The predicted molar refractivity (Wildman–Crippen MR) is 84.8 cm³/mol. The molecule has 2 rings (SSSR count). The number of thioether (sulfide) groups is 2. The summed E-state index contributed by atoms with van der Waals surface area (Å²) < 4.78 is -0.0198. The largest absolute Gasteiger partial charge is 0.273 e. The van der Waals surface area contributed by atoms with E-state index in [-0.39, 0.29) is 9.99 Å². The summed E-state index contributed by atoms with van der Waals surface area (Å²) in [6.45, 7) is 2.10. The fourth-order valence-corrected chi connectivity index (χ4v) is 4.64. The van der Waals surface area contributed by atoms with E-state index in [1.165, 1.54) is 0 Å². The van der Waals surface area contributed by atoms with Crippen LogP contribution >= 0.6 is 23.5 Å². The number of carbonyl (C=O) groups excluding carboxylic acids is 1. The second-order valence-electron chi connectivity index (χ2n) is 4.53. The molecule has 1 fully saturated rings. The van der Waals surface area contributed by atoms with Crippen molar-refractivity contribution in [3.63, 3.8) is 0 Å². The molecular weight excluding hydrogens is 290 g/mol. The predicted octanol–water partition coefficient (Wildman–Crippen LogP) is 2.59. The summed E-state index contributed by atoms with van der Waals surface area (Å²) in [7, 11) is 0. The lowest BCUT2D eigenvalue weighted by Gasteiger charge is -2.19. The number of rotatable bonds is 4. The Balaban J connectivity index is 1.83. The number of hydrazone groups is 1. The van der Waals surface area contributed by atoms with Crippen LogP contribution in [0.5, 0.6) is 0 Å². The number of benzene rings is 1. The molecule has 1 amide bonds. The Kier molecular flexibility index (Phi) is 5.10. The van der Waals surface area contributed by atoms with Gasteiger partial charge in [-0.05, 0) is 24.6 Å². The fourth-order valence-electron chi connectivity index (χ4n) is 1.81. The van der Waals surface area contributed by atoms with Crippen LogP contribution in [0.4, 0.5) is 0 Å². The third kappa shape index (κ3) is 4.29. The van der Waals surface area contributed by atoms with Crippen LogP contribution in [0.25, 0.3) is 0 Å². The van der Waals surface area contributed by atoms with Gasteiger partial charge in [-0.3, -0.25) is 4.79 Å². The first-order valence-electron chi connectivity index (χ1n) is 6.21. The van der Waals surface area contributed by atoms with Crippen molar-refractivity contribution in [3.8, 4) is 6.07 Å². The summed E-state index contributed by atoms with van der Waals surface area (Å²) in [6, 6.07) is 9.07. The first-order valence-corrected chi connectivity index (χ1v) is 8.18. The summed E-state index contributed by atoms with van der Waals surface area (Å²) in [6.07, 6.45) is 2.05. The van der Waals surface area contributed by atoms with Crippen molar-refractivity contribution < 1.29 is 4.79 Å². The molecule has 0 spiro atoms. The maximum atomic E-state index is 11.8. The van der Waals surface area contributed by atoms with Gasteiger partial charge < -0.3 is 0 Å². The number of hydrogen-bond acceptors (Lipinski definition) is 5. The van der Waals surface area contributed by atoms with Crippen LogP contribution in [0, 0.1) is 11.3 Å². The minimum atomic E-state index is -0.0701. The Bertz CT molecular complexity index is 543. The smallest absolute Gasteiger partial charge is 0.242 e. The minimum Gasteiger partial charge on any atom is -0.273 e. The number of hydrogen-bond donors (Lipinski definition) is 1. The van der Waals surface area contributed by atoms with Crippen LogP contribution in [0.3, 0.4) is 0 Å². The highest BCUT2D eigenvalue weighted by molar-refractivity contribution is 8.21. The van der Waals surface area contributed by atoms with Gasteiger partial charge >= 0.3 is 0 Å². The van der Waals surface area contributed by atoms with Crippen molar-refractivity contribution in [2.24, 2.45) is 5.10 Å². The van der Waals surface area contributed by atoms with Gasteiger partial charge in [0, 0.05) is 11.5 Å². The van der Waals surface area contributed by atoms with Crippen LogP contribution < -0.4 is 5.43 Å². The van der Waals surface area contributed by atoms with Gasteiger partial charge in [0.15, 0.2) is 0 Å². The lowest BCUT2D eigenvalue weighted by molar-refractivity contribution is -0.121. The average molecular weight is 305 g/mol. The van der Waals surface area contributed by atoms with Crippen LogP contribution in [-0.2, 0) is 4.79 Å². The SMILES string of the molecule is CC1(CC(=O)N/N=C/c2ccc(C#N)cc2)SCCS1. The molecule has 0 aromatic heterocycles. The zero-order valence-corrected chi connectivity index (χ0v) is 12.8. The van der Waals surface area contributed by atoms with E-state index in [1.54, 1.807) is 30.5 Å². The third-order valence-electron chi connectivity index (χ3n) is 2.82. The molecule has 0 aliphatic carbocycles. The first-order chi connectivity index (χ1) is 9.61. The van der Waals surface area contributed by atoms with E-state index in [0.717, 1.165) is 17.1 Å². The molecule has 1 aliphatic rings. The Labute approximate surface area is 127 Å². The molecule has 1 aliphatic heterocycles. The van der Waals surface area contributed by atoms with Crippen LogP contribution in [0.1, 0.15) is 24.5 Å². The van der Waals surface area contributed by atoms with Crippen LogP contribution in [-0.4, -0.2) is 27.7 Å². The number of nitrogens with one attached hydrogen (secondary N) is 1. The van der Waals surface area contributed by atoms with Gasteiger partial charge in [-0.2, -0.15) is 10.4 Å². The van der Waals surface area contributed by atoms with Crippen LogP contribution in [0.2, 0.25) is 0 Å². The third-order valence-corrected chi connectivity index (χ3v) is 6.11. The lowest BCUT2D eigenvalue weighted by atomic mass is 10.2. The molecule has 4 nitrogen and oxygen atoms in total. The number of amides is 1. The summed E-state index contributed by atoms with van der Waals surface area (Å²) in [5, 5.41) is 12.6. The van der Waals surface area contributed by atoms with E-state index in [1.807, 2.05) is 23.5 Å². The standard InChI is InChI=1S/C14H15N3OS2/c1-14(19-6-7-20-14)8-13(18)17-16-10-12-4-2-11(9-15)3-5-12/h2-5,10H,6-8H2,1H3,(H,17,18)/b16-10+. The molecule has 1 aromatic rings. The van der Waals surface area contributed by atoms with Crippen molar-refractivity contribution >= 4 is 35.6 Å². The molecule has 0 radical (unpaired) electrons. The van der Waals surface area contributed by atoms with Gasteiger partial charge in [-0.15, -0.1) is 23.5 Å². The van der Waals surface area contributed by atoms with Crippen molar-refractivity contribution in [2.75, 3.05) is 11.5 Å². The van der Waals surface area contributed by atoms with Crippen LogP contribution in [0.15, 0.2) is 29.4 Å². The van der Waals surface area contributed by atoms with Crippen molar-refractivity contribution in [1.29, 1.82) is 5.26 Å². The topological polar surface area (TPSA) is 65.2 Å². The van der Waals surface area contributed by atoms with Gasteiger partial charge in [0.25, 0.3) is 0 Å². The van der Waals surface area contributed by atoms with E-state index >= 15 is 0 Å². The Morgan fingerprint density at radius 1 is 1.45 bits per heavy atom. The van der Waals surface area contributed by atoms with Gasteiger partial charge in [0.1, 0.15) is 0 Å². The monoisotopic (exact) mass is 305 g/mol. The van der Waals surface area contributed by atoms with Crippen molar-refractivity contribution in [3.05, 3.63) is 35.4 Å². The molecule has 20 heavy (non-hydrogen) atoms. The van der Waals surface area contributed by atoms with Gasteiger partial charge in [0.05, 0.1) is 28.3 Å². The summed E-state index contributed by atoms with van der Waals surface area (Å²) >= 11 is 3.65. The molecule has 0 bridgehead atoms. The zero-order valence-electron chi connectivity index (χ0n) is 11.1. The Hall–Kier alpha value is -1.45. The zero-order chi connectivity index (χ0) is 14.4. The van der Waals surface area contributed by atoms with E-state index in [9.17, 15) is 4.79 Å². The second kappa shape index (κ2) is 6.82. The summed E-state index contributed by atoms with van der Waals surface area (Å²) in [4.78, 5) is 11.8. The maximum Gasteiger partial charge on any atom is 0.242 e. The minimum absolute atomic E-state index is 0.0198. The molecule has 0 atom stereocenters. The molecule has 1 saturated heterocycles. The average Bonchev–Trinajstić information content (AvgIpc) is 2.86. The molecule has 1 heterocycles. The van der Waals surface area contributed by atoms with Crippen molar-refractivity contribution in [2.45, 2.75) is 17.4 Å². The second-order valence-corrected chi connectivity index (χ2v) is 7.99. The molecule has 6 heteroatoms. The summed E-state index contributed by atoms with van der Waals surface area (Å²) in [5.74, 6) is 2.13. The first kappa shape index (κ1) is 14.9. The quantitative estimate of drug-likeness (QED) is 0.686. The van der Waals surface area contributed by atoms with E-state index in [4.69, 9.17) is 5.26 Å².